The van der Waals surface area contributed by atoms with Crippen molar-refractivity contribution in [2.24, 2.45) is 0 Å². The van der Waals surface area contributed by atoms with Crippen LogP contribution in [0.1, 0.15) is 6.92 Å². The third-order valence-electron chi connectivity index (χ3n) is 2.03. The van der Waals surface area contributed by atoms with Gasteiger partial charge in [0.15, 0.2) is 0 Å². The molecule has 0 spiro atoms. The summed E-state index contributed by atoms with van der Waals surface area (Å²) in [5, 5.41) is 15.9. The van der Waals surface area contributed by atoms with Crippen molar-refractivity contribution >= 4 is 11.4 Å². The lowest BCUT2D eigenvalue weighted by Crippen LogP contribution is -2.29. The van der Waals surface area contributed by atoms with Crippen LogP contribution in [0, 0.1) is 0 Å². The van der Waals surface area contributed by atoms with E-state index < -0.39 is 0 Å². The zero-order chi connectivity index (χ0) is 8.55. The zero-order valence-electron chi connectivity index (χ0n) is 6.96. The van der Waals surface area contributed by atoms with E-state index in [1.54, 1.807) is 6.07 Å². The predicted molar refractivity (Wildman–Crippen MR) is 49.7 cm³/mol. The topological polar surface area (TPSA) is 44.3 Å². The number of rotatable bonds is 0. The Kier molecular flexibility index (Phi) is 1.57. The van der Waals surface area contributed by atoms with Gasteiger partial charge in [-0.1, -0.05) is 6.07 Å². The Morgan fingerprint density at radius 3 is 3.17 bits per heavy atom. The van der Waals surface area contributed by atoms with Gasteiger partial charge in [-0.2, -0.15) is 0 Å². The van der Waals surface area contributed by atoms with Crippen molar-refractivity contribution in [3.63, 3.8) is 0 Å². The summed E-state index contributed by atoms with van der Waals surface area (Å²) in [4.78, 5) is 0. The van der Waals surface area contributed by atoms with Crippen LogP contribution in [0.25, 0.3) is 0 Å². The average Bonchev–Trinajstić information content (AvgIpc) is 2.04. The van der Waals surface area contributed by atoms with Crippen molar-refractivity contribution < 1.29 is 5.11 Å². The van der Waals surface area contributed by atoms with Gasteiger partial charge in [0.05, 0.1) is 5.69 Å². The second-order valence-corrected chi connectivity index (χ2v) is 3.13. The van der Waals surface area contributed by atoms with E-state index in [0.717, 1.165) is 17.9 Å². The first-order valence-corrected chi connectivity index (χ1v) is 4.10. The minimum Gasteiger partial charge on any atom is -0.506 e. The molecule has 1 aliphatic heterocycles. The van der Waals surface area contributed by atoms with E-state index in [1.807, 2.05) is 12.1 Å². The van der Waals surface area contributed by atoms with Crippen LogP contribution >= 0.6 is 0 Å². The molecule has 64 valence electrons. The lowest BCUT2D eigenvalue weighted by Gasteiger charge is -2.25. The number of nitrogens with one attached hydrogen (secondary N) is 2. The summed E-state index contributed by atoms with van der Waals surface area (Å²) in [6, 6.07) is 5.89. The molecule has 2 rings (SSSR count). The SMILES string of the molecule is CC1CNc2c(O)cccc2N1. The van der Waals surface area contributed by atoms with Crippen molar-refractivity contribution in [3.05, 3.63) is 18.2 Å². The molecule has 1 unspecified atom stereocenters. The highest BCUT2D eigenvalue weighted by Gasteiger charge is 2.14. The van der Waals surface area contributed by atoms with Gasteiger partial charge in [-0.05, 0) is 19.1 Å². The van der Waals surface area contributed by atoms with Gasteiger partial charge >= 0.3 is 0 Å². The van der Waals surface area contributed by atoms with Crippen LogP contribution in [0.4, 0.5) is 11.4 Å². The standard InChI is InChI=1S/C9H12N2O/c1-6-5-10-9-7(11-6)3-2-4-8(9)12/h2-4,6,10-12H,5H2,1H3. The van der Waals surface area contributed by atoms with E-state index in [9.17, 15) is 5.11 Å². The number of hydrogen-bond donors (Lipinski definition) is 3. The van der Waals surface area contributed by atoms with Crippen molar-refractivity contribution in [2.45, 2.75) is 13.0 Å². The summed E-state index contributed by atoms with van der Waals surface area (Å²) in [5.74, 6) is 0.312. The molecule has 1 aliphatic rings. The normalized spacial score (nSPS) is 20.6. The molecular formula is C9H12N2O. The van der Waals surface area contributed by atoms with Gasteiger partial charge in [0.25, 0.3) is 0 Å². The van der Waals surface area contributed by atoms with E-state index >= 15 is 0 Å². The van der Waals surface area contributed by atoms with Gasteiger partial charge < -0.3 is 15.7 Å². The molecule has 0 aromatic heterocycles. The highest BCUT2D eigenvalue weighted by Crippen LogP contribution is 2.33. The molecule has 0 radical (unpaired) electrons. The molecule has 12 heavy (non-hydrogen) atoms. The number of benzene rings is 1. The molecule has 0 fully saturated rings. The smallest absolute Gasteiger partial charge is 0.140 e. The van der Waals surface area contributed by atoms with Crippen molar-refractivity contribution in [1.29, 1.82) is 0 Å². The molecule has 3 N–H and O–H groups in total. The van der Waals surface area contributed by atoms with Gasteiger partial charge in [0.1, 0.15) is 11.4 Å². The predicted octanol–water partition coefficient (Wildman–Crippen LogP) is 1.62. The maximum atomic E-state index is 9.44. The molecule has 1 heterocycles. The molecule has 0 aliphatic carbocycles. The first-order valence-electron chi connectivity index (χ1n) is 4.10. The third kappa shape index (κ3) is 1.07. The summed E-state index contributed by atoms with van der Waals surface area (Å²) >= 11 is 0. The molecule has 1 aromatic rings. The molecular weight excluding hydrogens is 152 g/mol. The van der Waals surface area contributed by atoms with Gasteiger partial charge in [0.2, 0.25) is 0 Å². The molecule has 1 aromatic carbocycles. The highest BCUT2D eigenvalue weighted by molar-refractivity contribution is 5.77. The summed E-state index contributed by atoms with van der Waals surface area (Å²) in [7, 11) is 0. The van der Waals surface area contributed by atoms with E-state index in [1.165, 1.54) is 0 Å². The average molecular weight is 164 g/mol. The molecule has 0 saturated heterocycles. The van der Waals surface area contributed by atoms with Crippen LogP contribution < -0.4 is 10.6 Å². The van der Waals surface area contributed by atoms with E-state index in [4.69, 9.17) is 0 Å². The lowest BCUT2D eigenvalue weighted by atomic mass is 10.1. The number of phenolic OH excluding ortho intramolecular Hbond substituents is 1. The second kappa shape index (κ2) is 2.59. The number of hydrogen-bond acceptors (Lipinski definition) is 3. The fourth-order valence-corrected chi connectivity index (χ4v) is 1.42. The zero-order valence-corrected chi connectivity index (χ0v) is 6.96. The molecule has 0 bridgehead atoms. The number of anilines is 2. The Morgan fingerprint density at radius 1 is 1.50 bits per heavy atom. The Hall–Kier alpha value is -1.38. The maximum absolute atomic E-state index is 9.44. The number of aromatic hydroxyl groups is 1. The fraction of sp³-hybridized carbons (Fsp3) is 0.333. The number of fused-ring (bicyclic) bond motifs is 1. The highest BCUT2D eigenvalue weighted by atomic mass is 16.3. The van der Waals surface area contributed by atoms with E-state index in [-0.39, 0.29) is 0 Å². The van der Waals surface area contributed by atoms with Crippen molar-refractivity contribution in [1.82, 2.24) is 0 Å². The summed E-state index contributed by atoms with van der Waals surface area (Å²) in [6.07, 6.45) is 0. The Labute approximate surface area is 71.4 Å². The Balaban J connectivity index is 2.42. The van der Waals surface area contributed by atoms with E-state index in [0.29, 0.717) is 11.8 Å². The first kappa shape index (κ1) is 7.28. The molecule has 1 atom stereocenters. The first-order chi connectivity index (χ1) is 5.77. The number of para-hydroxylation sites is 1. The van der Waals surface area contributed by atoms with Gasteiger partial charge in [0, 0.05) is 12.6 Å². The summed E-state index contributed by atoms with van der Waals surface area (Å²) < 4.78 is 0. The largest absolute Gasteiger partial charge is 0.506 e. The minimum atomic E-state index is 0.312. The van der Waals surface area contributed by atoms with Gasteiger partial charge in [-0.3, -0.25) is 0 Å². The minimum absolute atomic E-state index is 0.312. The Bertz CT molecular complexity index is 299. The van der Waals surface area contributed by atoms with Crippen LogP contribution in [0.15, 0.2) is 18.2 Å². The third-order valence-corrected chi connectivity index (χ3v) is 2.03. The lowest BCUT2D eigenvalue weighted by molar-refractivity contribution is 0.476. The molecule has 0 saturated carbocycles. The molecule has 0 amide bonds. The monoisotopic (exact) mass is 164 g/mol. The van der Waals surface area contributed by atoms with E-state index in [2.05, 4.69) is 17.6 Å². The summed E-state index contributed by atoms with van der Waals surface area (Å²) in [5.41, 5.74) is 1.80. The quantitative estimate of drug-likeness (QED) is 0.510. The molecule has 3 nitrogen and oxygen atoms in total. The van der Waals surface area contributed by atoms with Crippen LogP contribution in [0.5, 0.6) is 5.75 Å². The molecule has 3 heteroatoms. The van der Waals surface area contributed by atoms with Crippen LogP contribution in [-0.2, 0) is 0 Å². The van der Waals surface area contributed by atoms with Crippen molar-refractivity contribution in [2.75, 3.05) is 17.2 Å². The summed E-state index contributed by atoms with van der Waals surface area (Å²) in [6.45, 7) is 2.95. The fourth-order valence-electron chi connectivity index (χ4n) is 1.42. The van der Waals surface area contributed by atoms with Crippen LogP contribution in [-0.4, -0.2) is 17.7 Å². The second-order valence-electron chi connectivity index (χ2n) is 3.13. The number of phenols is 1. The Morgan fingerprint density at radius 2 is 2.33 bits per heavy atom. The van der Waals surface area contributed by atoms with Gasteiger partial charge in [-0.25, -0.2) is 0 Å². The van der Waals surface area contributed by atoms with Gasteiger partial charge in [-0.15, -0.1) is 0 Å². The maximum Gasteiger partial charge on any atom is 0.140 e. The van der Waals surface area contributed by atoms with Crippen LogP contribution in [0.2, 0.25) is 0 Å². The van der Waals surface area contributed by atoms with Crippen molar-refractivity contribution in [3.8, 4) is 5.75 Å². The van der Waals surface area contributed by atoms with Crippen LogP contribution in [0.3, 0.4) is 0 Å².